The fraction of sp³-hybridized carbons (Fsp3) is 0.429. The van der Waals surface area contributed by atoms with E-state index in [0.717, 1.165) is 10.5 Å². The summed E-state index contributed by atoms with van der Waals surface area (Å²) in [5.41, 5.74) is 0.846. The fourth-order valence-corrected chi connectivity index (χ4v) is 1.81. The van der Waals surface area contributed by atoms with Crippen molar-refractivity contribution in [3.8, 4) is 0 Å². The van der Waals surface area contributed by atoms with E-state index < -0.39 is 18.1 Å². The van der Waals surface area contributed by atoms with Crippen molar-refractivity contribution in [1.29, 1.82) is 0 Å². The number of carboxylic acid groups (broad SMARTS) is 1. The molecule has 0 aliphatic rings. The maximum Gasteiger partial charge on any atom is 0.410 e. The molecule has 0 bridgehead atoms. The van der Waals surface area contributed by atoms with Gasteiger partial charge in [-0.3, -0.25) is 0 Å². The minimum Gasteiger partial charge on any atom is -0.548 e. The van der Waals surface area contributed by atoms with E-state index in [1.54, 1.807) is 13.8 Å². The van der Waals surface area contributed by atoms with Crippen LogP contribution in [0.3, 0.4) is 0 Å². The van der Waals surface area contributed by atoms with Crippen LogP contribution in [0.25, 0.3) is 0 Å². The lowest BCUT2D eigenvalue weighted by Gasteiger charge is -2.31. The molecule has 1 atom stereocenters. The highest BCUT2D eigenvalue weighted by Crippen LogP contribution is 2.11. The summed E-state index contributed by atoms with van der Waals surface area (Å²) in [4.78, 5) is 23.8. The molecule has 0 saturated carbocycles. The van der Waals surface area contributed by atoms with E-state index in [9.17, 15) is 14.7 Å². The zero-order valence-corrected chi connectivity index (χ0v) is 11.3. The van der Waals surface area contributed by atoms with Crippen LogP contribution in [-0.4, -0.2) is 30.1 Å². The van der Waals surface area contributed by atoms with Crippen LogP contribution in [0.2, 0.25) is 0 Å². The Morgan fingerprint density at radius 3 is 2.32 bits per heavy atom. The highest BCUT2D eigenvalue weighted by Gasteiger charge is 2.25. The number of rotatable bonds is 5. The topological polar surface area (TPSA) is 69.7 Å². The molecule has 0 fully saturated rings. The molecule has 1 aromatic carbocycles. The Labute approximate surface area is 112 Å². The minimum absolute atomic E-state index is 0.113. The third-order valence-corrected chi connectivity index (χ3v) is 2.78. The lowest BCUT2D eigenvalue weighted by Crippen LogP contribution is -2.51. The van der Waals surface area contributed by atoms with Crippen molar-refractivity contribution in [2.45, 2.75) is 26.5 Å². The molecule has 19 heavy (non-hydrogen) atoms. The number of carboxylic acids is 1. The van der Waals surface area contributed by atoms with Crippen LogP contribution in [-0.2, 0) is 16.1 Å². The lowest BCUT2D eigenvalue weighted by atomic mass is 10.0. The summed E-state index contributed by atoms with van der Waals surface area (Å²) in [6.45, 7) is 3.53. The van der Waals surface area contributed by atoms with E-state index in [-0.39, 0.29) is 12.5 Å². The van der Waals surface area contributed by atoms with Gasteiger partial charge in [0.15, 0.2) is 0 Å². The number of nitrogens with zero attached hydrogens (tertiary/aromatic N) is 1. The lowest BCUT2D eigenvalue weighted by molar-refractivity contribution is -0.312. The molecule has 5 nitrogen and oxygen atoms in total. The molecule has 104 valence electrons. The van der Waals surface area contributed by atoms with Gasteiger partial charge in [-0.25, -0.2) is 4.79 Å². The summed E-state index contributed by atoms with van der Waals surface area (Å²) in [5.74, 6) is -1.53. The summed E-state index contributed by atoms with van der Waals surface area (Å²) in [5, 5.41) is 11.0. The van der Waals surface area contributed by atoms with E-state index >= 15 is 0 Å². The van der Waals surface area contributed by atoms with Gasteiger partial charge in [-0.2, -0.15) is 0 Å². The second-order valence-electron chi connectivity index (χ2n) is 4.66. The van der Waals surface area contributed by atoms with Gasteiger partial charge in [0, 0.05) is 7.05 Å². The average Bonchev–Trinajstić information content (AvgIpc) is 2.36. The number of carbonyl (C=O) groups excluding carboxylic acids is 2. The average molecular weight is 264 g/mol. The van der Waals surface area contributed by atoms with Crippen molar-refractivity contribution in [2.24, 2.45) is 5.92 Å². The second-order valence-corrected chi connectivity index (χ2v) is 4.66. The normalized spacial score (nSPS) is 12.0. The first kappa shape index (κ1) is 15.0. The first-order valence-electron chi connectivity index (χ1n) is 6.08. The van der Waals surface area contributed by atoms with Gasteiger partial charge in [-0.15, -0.1) is 0 Å². The summed E-state index contributed by atoms with van der Waals surface area (Å²) in [6.07, 6.45) is -0.674. The van der Waals surface area contributed by atoms with E-state index in [1.807, 2.05) is 30.3 Å². The van der Waals surface area contributed by atoms with E-state index in [4.69, 9.17) is 4.74 Å². The molecule has 0 heterocycles. The SMILES string of the molecule is CC(C)[C@@H](C(=O)[O-])N(C)C(=O)OCc1ccccc1. The number of ether oxygens (including phenoxy) is 1. The first-order chi connectivity index (χ1) is 8.93. The first-order valence-corrected chi connectivity index (χ1v) is 6.08. The molecule has 0 radical (unpaired) electrons. The molecule has 0 unspecified atom stereocenters. The Hall–Kier alpha value is -2.04. The van der Waals surface area contributed by atoms with E-state index in [0.29, 0.717) is 0 Å². The molecule has 1 amide bonds. The zero-order valence-electron chi connectivity index (χ0n) is 11.3. The van der Waals surface area contributed by atoms with Gasteiger partial charge in [-0.1, -0.05) is 44.2 Å². The minimum atomic E-state index is -1.28. The monoisotopic (exact) mass is 264 g/mol. The molecular weight excluding hydrogens is 246 g/mol. The third-order valence-electron chi connectivity index (χ3n) is 2.78. The van der Waals surface area contributed by atoms with Gasteiger partial charge in [-0.05, 0) is 11.5 Å². The van der Waals surface area contributed by atoms with Crippen molar-refractivity contribution in [3.05, 3.63) is 35.9 Å². The number of hydrogen-bond acceptors (Lipinski definition) is 4. The summed E-state index contributed by atoms with van der Waals surface area (Å²) in [6, 6.07) is 8.19. The highest BCUT2D eigenvalue weighted by molar-refractivity contribution is 5.78. The zero-order chi connectivity index (χ0) is 14.4. The van der Waals surface area contributed by atoms with Crippen LogP contribution in [0.5, 0.6) is 0 Å². The van der Waals surface area contributed by atoms with Gasteiger partial charge in [0.25, 0.3) is 0 Å². The standard InChI is InChI=1S/C14H19NO4/c1-10(2)12(13(16)17)15(3)14(18)19-9-11-7-5-4-6-8-11/h4-8,10,12H,9H2,1-3H3,(H,16,17)/p-1/t12-/m0/s1. The van der Waals surface area contributed by atoms with E-state index in [2.05, 4.69) is 0 Å². The largest absolute Gasteiger partial charge is 0.548 e. The van der Waals surface area contributed by atoms with Crippen molar-refractivity contribution in [1.82, 2.24) is 4.90 Å². The molecule has 0 N–H and O–H groups in total. The highest BCUT2D eigenvalue weighted by atomic mass is 16.6. The van der Waals surface area contributed by atoms with Crippen LogP contribution in [0.4, 0.5) is 4.79 Å². The molecule has 1 aromatic rings. The maximum absolute atomic E-state index is 11.8. The third kappa shape index (κ3) is 4.28. The maximum atomic E-state index is 11.8. The Morgan fingerprint density at radius 1 is 1.26 bits per heavy atom. The van der Waals surface area contributed by atoms with Crippen LogP contribution >= 0.6 is 0 Å². The Balaban J connectivity index is 2.59. The quantitative estimate of drug-likeness (QED) is 0.796. The molecule has 0 spiro atoms. The van der Waals surface area contributed by atoms with Crippen molar-refractivity contribution in [2.75, 3.05) is 7.05 Å². The molecule has 0 aromatic heterocycles. The van der Waals surface area contributed by atoms with Crippen molar-refractivity contribution < 1.29 is 19.4 Å². The number of carbonyl (C=O) groups is 2. The van der Waals surface area contributed by atoms with Gasteiger partial charge in [0.2, 0.25) is 0 Å². The Morgan fingerprint density at radius 2 is 1.84 bits per heavy atom. The summed E-state index contributed by atoms with van der Waals surface area (Å²) >= 11 is 0. The van der Waals surface area contributed by atoms with Crippen LogP contribution in [0.1, 0.15) is 19.4 Å². The second kappa shape index (κ2) is 6.78. The van der Waals surface area contributed by atoms with Crippen LogP contribution in [0.15, 0.2) is 30.3 Å². The number of hydrogen-bond donors (Lipinski definition) is 0. The predicted octanol–water partition coefficient (Wildman–Crippen LogP) is 1.03. The van der Waals surface area contributed by atoms with Gasteiger partial charge < -0.3 is 19.5 Å². The number of amides is 1. The summed E-state index contributed by atoms with van der Waals surface area (Å²) in [7, 11) is 1.40. The van der Waals surface area contributed by atoms with Crippen LogP contribution < -0.4 is 5.11 Å². The fourth-order valence-electron chi connectivity index (χ4n) is 1.81. The molecular formula is C14H18NO4-. The Kier molecular flexibility index (Phi) is 5.36. The predicted molar refractivity (Wildman–Crippen MR) is 68.0 cm³/mol. The number of benzene rings is 1. The number of aliphatic carboxylic acids is 1. The number of likely N-dealkylation sites (N-methyl/N-ethyl adjacent to an activating group) is 1. The molecule has 0 saturated heterocycles. The van der Waals surface area contributed by atoms with Gasteiger partial charge >= 0.3 is 6.09 Å². The molecule has 1 rings (SSSR count). The van der Waals surface area contributed by atoms with Crippen molar-refractivity contribution in [3.63, 3.8) is 0 Å². The molecule has 5 heteroatoms. The Bertz CT molecular complexity index is 430. The van der Waals surface area contributed by atoms with Gasteiger partial charge in [0.05, 0.1) is 12.0 Å². The molecule has 0 aliphatic carbocycles. The van der Waals surface area contributed by atoms with Gasteiger partial charge in [0.1, 0.15) is 6.61 Å². The smallest absolute Gasteiger partial charge is 0.410 e. The summed E-state index contributed by atoms with van der Waals surface area (Å²) < 4.78 is 5.07. The van der Waals surface area contributed by atoms with Crippen molar-refractivity contribution >= 4 is 12.1 Å². The van der Waals surface area contributed by atoms with E-state index in [1.165, 1.54) is 7.05 Å². The molecule has 0 aliphatic heterocycles. The van der Waals surface area contributed by atoms with Crippen LogP contribution in [0, 0.1) is 5.92 Å².